The van der Waals surface area contributed by atoms with Gasteiger partial charge in [0.2, 0.25) is 0 Å². The van der Waals surface area contributed by atoms with Gasteiger partial charge in [0.1, 0.15) is 0 Å². The number of sulfone groups is 1. The molecule has 170 valence electrons. The summed E-state index contributed by atoms with van der Waals surface area (Å²) in [7, 11) is -3.46. The van der Waals surface area contributed by atoms with Gasteiger partial charge in [-0.05, 0) is 32.0 Å². The van der Waals surface area contributed by atoms with Crippen molar-refractivity contribution < 1.29 is 32.2 Å². The molecule has 2 atom stereocenters. The Kier molecular flexibility index (Phi) is 6.33. The minimum absolute atomic E-state index is 0.0143. The van der Waals surface area contributed by atoms with E-state index in [1.54, 1.807) is 19.1 Å². The first-order chi connectivity index (χ1) is 14.4. The highest BCUT2D eigenvalue weighted by atomic mass is 32.2. The number of cyclic esters (lactones) is 2. The summed E-state index contributed by atoms with van der Waals surface area (Å²) in [5.74, 6) is -3.03. The number of carbonyl (C=O) groups is 2. The maximum absolute atomic E-state index is 12.4. The zero-order valence-corrected chi connectivity index (χ0v) is 19.1. The molecule has 2 aliphatic heterocycles. The third-order valence-corrected chi connectivity index (χ3v) is 6.69. The van der Waals surface area contributed by atoms with Crippen LogP contribution in [0.3, 0.4) is 0 Å². The highest BCUT2D eigenvalue weighted by Crippen LogP contribution is 2.32. The Morgan fingerprint density at radius 1 is 1.13 bits per heavy atom. The lowest BCUT2D eigenvalue weighted by molar-refractivity contribution is -0.222. The summed E-state index contributed by atoms with van der Waals surface area (Å²) in [4.78, 5) is 26.7. The number of esters is 2. The van der Waals surface area contributed by atoms with Gasteiger partial charge in [-0.1, -0.05) is 6.92 Å². The molecule has 0 bridgehead atoms. The monoisotopic (exact) mass is 452 g/mol. The fourth-order valence-electron chi connectivity index (χ4n) is 3.57. The fraction of sp³-hybridized carbons (Fsp3) is 0.524. The largest absolute Gasteiger partial charge is 0.419 e. The molecular formula is C21H28N2O7S. The van der Waals surface area contributed by atoms with Crippen molar-refractivity contribution in [3.63, 3.8) is 0 Å². The van der Waals surface area contributed by atoms with Gasteiger partial charge in [0.15, 0.2) is 15.4 Å². The average Bonchev–Trinajstić information content (AvgIpc) is 2.65. The maximum atomic E-state index is 12.4. The molecule has 0 radical (unpaired) electrons. The van der Waals surface area contributed by atoms with Crippen LogP contribution in [0.4, 0.5) is 11.4 Å². The predicted octanol–water partition coefficient (Wildman–Crippen LogP) is 2.23. The third-order valence-electron chi connectivity index (χ3n) is 4.96. The number of anilines is 2. The molecule has 2 heterocycles. The summed E-state index contributed by atoms with van der Waals surface area (Å²) in [6.07, 6.45) is 1.16. The fourth-order valence-corrected chi connectivity index (χ4v) is 4.48. The molecule has 0 amide bonds. The van der Waals surface area contributed by atoms with E-state index in [1.807, 2.05) is 13.8 Å². The second-order valence-electron chi connectivity index (χ2n) is 8.13. The molecule has 2 saturated heterocycles. The van der Waals surface area contributed by atoms with Crippen LogP contribution in [-0.4, -0.2) is 57.2 Å². The molecule has 0 saturated carbocycles. The molecule has 1 aromatic carbocycles. The van der Waals surface area contributed by atoms with E-state index >= 15 is 0 Å². The molecule has 0 aliphatic carbocycles. The van der Waals surface area contributed by atoms with Gasteiger partial charge in [-0.25, -0.2) is 18.0 Å². The van der Waals surface area contributed by atoms with E-state index in [1.165, 1.54) is 26.1 Å². The quantitative estimate of drug-likeness (QED) is 0.408. The molecule has 2 unspecified atom stereocenters. The summed E-state index contributed by atoms with van der Waals surface area (Å²) in [6.45, 7) is 9.63. The van der Waals surface area contributed by atoms with Gasteiger partial charge in [-0.15, -0.1) is 0 Å². The molecule has 0 spiro atoms. The highest BCUT2D eigenvalue weighted by molar-refractivity contribution is 7.91. The molecule has 0 aromatic heterocycles. The van der Waals surface area contributed by atoms with E-state index in [0.29, 0.717) is 18.8 Å². The van der Waals surface area contributed by atoms with Gasteiger partial charge in [0.05, 0.1) is 34.2 Å². The maximum Gasteiger partial charge on any atom is 0.350 e. The standard InChI is InChI=1S/C21H28N2O7S/c1-6-31(26,27)15-7-8-18(23-11-13(2)28-14(3)12-23)17(9-15)22-10-16-19(24)29-21(4,5)30-20(16)25/h7-10,13-14,22H,6,11-12H2,1-5H3. The Balaban J connectivity index is 1.99. The number of rotatable bonds is 5. The Labute approximate surface area is 182 Å². The molecule has 3 rings (SSSR count). The first-order valence-corrected chi connectivity index (χ1v) is 11.8. The molecular weight excluding hydrogens is 424 g/mol. The highest BCUT2D eigenvalue weighted by Gasteiger charge is 2.39. The molecule has 2 aliphatic rings. The minimum Gasteiger partial charge on any atom is -0.419 e. The van der Waals surface area contributed by atoms with Crippen LogP contribution in [-0.2, 0) is 33.6 Å². The van der Waals surface area contributed by atoms with Gasteiger partial charge < -0.3 is 24.4 Å². The van der Waals surface area contributed by atoms with Crippen LogP contribution in [0.5, 0.6) is 0 Å². The van der Waals surface area contributed by atoms with Gasteiger partial charge in [0, 0.05) is 33.1 Å². The van der Waals surface area contributed by atoms with Crippen LogP contribution in [0.1, 0.15) is 34.6 Å². The van der Waals surface area contributed by atoms with Crippen molar-refractivity contribution in [3.05, 3.63) is 30.0 Å². The Morgan fingerprint density at radius 3 is 2.26 bits per heavy atom. The van der Waals surface area contributed by atoms with Gasteiger partial charge in [-0.2, -0.15) is 0 Å². The van der Waals surface area contributed by atoms with Gasteiger partial charge in [-0.3, -0.25) is 0 Å². The van der Waals surface area contributed by atoms with E-state index < -0.39 is 27.6 Å². The number of benzene rings is 1. The van der Waals surface area contributed by atoms with Crippen LogP contribution in [0.15, 0.2) is 34.9 Å². The summed E-state index contributed by atoms with van der Waals surface area (Å²) in [5.41, 5.74) is 0.860. The van der Waals surface area contributed by atoms with E-state index in [4.69, 9.17) is 14.2 Å². The zero-order chi connectivity index (χ0) is 23.0. The Hall–Kier alpha value is -2.59. The molecule has 10 heteroatoms. The van der Waals surface area contributed by atoms with Crippen molar-refractivity contribution in [3.8, 4) is 0 Å². The summed E-state index contributed by atoms with van der Waals surface area (Å²) >= 11 is 0. The van der Waals surface area contributed by atoms with Gasteiger partial charge in [0.25, 0.3) is 5.79 Å². The van der Waals surface area contributed by atoms with E-state index in [-0.39, 0.29) is 28.4 Å². The number of hydrogen-bond donors (Lipinski definition) is 1. The predicted molar refractivity (Wildman–Crippen MR) is 114 cm³/mol. The van der Waals surface area contributed by atoms with Crippen LogP contribution >= 0.6 is 0 Å². The van der Waals surface area contributed by atoms with Crippen LogP contribution in [0.2, 0.25) is 0 Å². The summed E-state index contributed by atoms with van der Waals surface area (Å²) in [5, 5.41) is 2.92. The summed E-state index contributed by atoms with van der Waals surface area (Å²) < 4.78 is 40.8. The topological polar surface area (TPSA) is 111 Å². The van der Waals surface area contributed by atoms with Crippen molar-refractivity contribution in [2.24, 2.45) is 0 Å². The van der Waals surface area contributed by atoms with Crippen LogP contribution in [0.25, 0.3) is 0 Å². The molecule has 31 heavy (non-hydrogen) atoms. The number of morpholine rings is 1. The minimum atomic E-state index is -3.46. The average molecular weight is 453 g/mol. The lowest BCUT2D eigenvalue weighted by Crippen LogP contribution is -2.45. The van der Waals surface area contributed by atoms with Crippen molar-refractivity contribution in [1.29, 1.82) is 0 Å². The lowest BCUT2D eigenvalue weighted by Gasteiger charge is -2.37. The third kappa shape index (κ3) is 5.19. The number of nitrogens with one attached hydrogen (secondary N) is 1. The first-order valence-electron chi connectivity index (χ1n) is 10.1. The van der Waals surface area contributed by atoms with Crippen molar-refractivity contribution in [2.75, 3.05) is 29.1 Å². The van der Waals surface area contributed by atoms with E-state index in [0.717, 1.165) is 5.69 Å². The molecule has 2 fully saturated rings. The first kappa shape index (κ1) is 23.1. The number of ether oxygens (including phenoxy) is 3. The van der Waals surface area contributed by atoms with E-state index in [2.05, 4.69) is 10.2 Å². The van der Waals surface area contributed by atoms with Crippen LogP contribution < -0.4 is 10.2 Å². The Morgan fingerprint density at radius 2 is 1.71 bits per heavy atom. The lowest BCUT2D eigenvalue weighted by atomic mass is 10.1. The second kappa shape index (κ2) is 8.51. The van der Waals surface area contributed by atoms with Crippen molar-refractivity contribution in [1.82, 2.24) is 0 Å². The molecule has 1 aromatic rings. The van der Waals surface area contributed by atoms with Crippen LogP contribution in [0, 0.1) is 0 Å². The number of nitrogens with zero attached hydrogens (tertiary/aromatic N) is 1. The second-order valence-corrected chi connectivity index (χ2v) is 10.4. The molecule has 1 N–H and O–H groups in total. The Bertz CT molecular complexity index is 985. The van der Waals surface area contributed by atoms with E-state index in [9.17, 15) is 18.0 Å². The normalized spacial score (nSPS) is 23.8. The molecule has 9 nitrogen and oxygen atoms in total. The smallest absolute Gasteiger partial charge is 0.350 e. The van der Waals surface area contributed by atoms with Crippen molar-refractivity contribution in [2.45, 2.75) is 57.5 Å². The zero-order valence-electron chi connectivity index (χ0n) is 18.3. The SMILES string of the molecule is CCS(=O)(=O)c1ccc(N2CC(C)OC(C)C2)c(NC=C2C(=O)OC(C)(C)OC2=O)c1. The number of hydrogen-bond acceptors (Lipinski definition) is 9. The summed E-state index contributed by atoms with van der Waals surface area (Å²) in [6, 6.07) is 4.77. The van der Waals surface area contributed by atoms with Gasteiger partial charge >= 0.3 is 11.9 Å². The number of carbonyl (C=O) groups excluding carboxylic acids is 2. The van der Waals surface area contributed by atoms with Crippen molar-refractivity contribution >= 4 is 33.2 Å².